The molecule has 1 aromatic carbocycles. The minimum absolute atomic E-state index is 0.0134. The highest BCUT2D eigenvalue weighted by Gasteiger charge is 2.14. The van der Waals surface area contributed by atoms with Crippen molar-refractivity contribution in [1.82, 2.24) is 0 Å². The highest BCUT2D eigenvalue weighted by Crippen LogP contribution is 2.37. The Balaban J connectivity index is 2.63. The molecule has 0 amide bonds. The summed E-state index contributed by atoms with van der Waals surface area (Å²) in [6.07, 6.45) is 0. The van der Waals surface area contributed by atoms with E-state index in [4.69, 9.17) is 15.2 Å². The highest BCUT2D eigenvalue weighted by atomic mass is 79.9. The number of nitrogens with zero attached hydrogens (tertiary/aromatic N) is 1. The van der Waals surface area contributed by atoms with E-state index in [0.29, 0.717) is 41.1 Å². The van der Waals surface area contributed by atoms with Crippen LogP contribution in [-0.4, -0.2) is 31.3 Å². The maximum atomic E-state index is 10.6. The molecule has 0 bridgehead atoms. The summed E-state index contributed by atoms with van der Waals surface area (Å²) in [5, 5.41) is 10.6. The molecule has 0 heterocycles. The zero-order chi connectivity index (χ0) is 13.5. The van der Waals surface area contributed by atoms with Crippen LogP contribution in [0.5, 0.6) is 5.75 Å². The normalized spacial score (nSPS) is 10.4. The van der Waals surface area contributed by atoms with Gasteiger partial charge in [-0.1, -0.05) is 0 Å². The summed E-state index contributed by atoms with van der Waals surface area (Å²) in [6, 6.07) is 2.78. The highest BCUT2D eigenvalue weighted by molar-refractivity contribution is 9.11. The number of nitrogens with two attached hydrogens (primary N) is 1. The summed E-state index contributed by atoms with van der Waals surface area (Å²) >= 11 is 6.46. The molecule has 8 heteroatoms. The SMILES string of the molecule is NCCOCCOc1c(Br)cc([N+](=O)[O-])cc1Br. The van der Waals surface area contributed by atoms with E-state index in [1.165, 1.54) is 12.1 Å². The Kier molecular flexibility index (Phi) is 6.55. The van der Waals surface area contributed by atoms with E-state index in [2.05, 4.69) is 31.9 Å². The number of rotatable bonds is 7. The van der Waals surface area contributed by atoms with Crippen LogP contribution in [0.3, 0.4) is 0 Å². The lowest BCUT2D eigenvalue weighted by Crippen LogP contribution is -2.13. The van der Waals surface area contributed by atoms with Crippen molar-refractivity contribution in [3.8, 4) is 5.75 Å². The van der Waals surface area contributed by atoms with Crippen LogP contribution in [0.15, 0.2) is 21.1 Å². The third kappa shape index (κ3) is 4.52. The van der Waals surface area contributed by atoms with E-state index in [-0.39, 0.29) is 5.69 Å². The maximum absolute atomic E-state index is 10.6. The summed E-state index contributed by atoms with van der Waals surface area (Å²) in [5.74, 6) is 0.511. The molecule has 0 aliphatic carbocycles. The van der Waals surface area contributed by atoms with Gasteiger partial charge in [0.05, 0.1) is 27.1 Å². The molecule has 1 aromatic rings. The molecule has 18 heavy (non-hydrogen) atoms. The first-order chi connectivity index (χ1) is 8.56. The van der Waals surface area contributed by atoms with Crippen molar-refractivity contribution in [1.29, 1.82) is 0 Å². The smallest absolute Gasteiger partial charge is 0.271 e. The predicted octanol–water partition coefficient (Wildman–Crippen LogP) is 2.47. The minimum Gasteiger partial charge on any atom is -0.489 e. The van der Waals surface area contributed by atoms with Crippen molar-refractivity contribution < 1.29 is 14.4 Å². The van der Waals surface area contributed by atoms with Crippen LogP contribution in [-0.2, 0) is 4.74 Å². The number of nitro groups is 1. The zero-order valence-electron chi connectivity index (χ0n) is 9.40. The van der Waals surface area contributed by atoms with E-state index >= 15 is 0 Å². The lowest BCUT2D eigenvalue weighted by molar-refractivity contribution is -0.385. The Morgan fingerprint density at radius 3 is 2.33 bits per heavy atom. The number of hydrogen-bond donors (Lipinski definition) is 1. The number of hydrogen-bond acceptors (Lipinski definition) is 5. The average Bonchev–Trinajstić information content (AvgIpc) is 2.31. The van der Waals surface area contributed by atoms with Crippen LogP contribution < -0.4 is 10.5 Å². The van der Waals surface area contributed by atoms with Crippen molar-refractivity contribution >= 4 is 37.5 Å². The van der Waals surface area contributed by atoms with Gasteiger partial charge >= 0.3 is 0 Å². The standard InChI is InChI=1S/C10H12Br2N2O4/c11-8-5-7(14(15)16)6-9(12)10(8)18-4-3-17-2-1-13/h5-6H,1-4,13H2. The minimum atomic E-state index is -0.469. The molecule has 0 aliphatic heterocycles. The molecule has 0 unspecified atom stereocenters. The van der Waals surface area contributed by atoms with E-state index < -0.39 is 4.92 Å². The van der Waals surface area contributed by atoms with Gasteiger partial charge in [-0.25, -0.2) is 0 Å². The van der Waals surface area contributed by atoms with Gasteiger partial charge in [0.1, 0.15) is 12.4 Å². The Morgan fingerprint density at radius 2 is 1.83 bits per heavy atom. The topological polar surface area (TPSA) is 87.6 Å². The van der Waals surface area contributed by atoms with Crippen molar-refractivity contribution in [2.24, 2.45) is 5.73 Å². The van der Waals surface area contributed by atoms with Gasteiger partial charge in [0.2, 0.25) is 0 Å². The second-order valence-corrected chi connectivity index (χ2v) is 4.95. The molecule has 0 saturated heterocycles. The fraction of sp³-hybridized carbons (Fsp3) is 0.400. The molecule has 0 saturated carbocycles. The lowest BCUT2D eigenvalue weighted by atomic mass is 10.3. The molecule has 2 N–H and O–H groups in total. The lowest BCUT2D eigenvalue weighted by Gasteiger charge is -2.10. The van der Waals surface area contributed by atoms with Crippen molar-refractivity contribution in [3.05, 3.63) is 31.2 Å². The van der Waals surface area contributed by atoms with Crippen molar-refractivity contribution in [2.45, 2.75) is 0 Å². The second kappa shape index (κ2) is 7.67. The van der Waals surface area contributed by atoms with Crippen LogP contribution >= 0.6 is 31.9 Å². The van der Waals surface area contributed by atoms with Crippen LogP contribution in [0.25, 0.3) is 0 Å². The molecule has 0 spiro atoms. The van der Waals surface area contributed by atoms with Gasteiger partial charge in [0, 0.05) is 18.7 Å². The quantitative estimate of drug-likeness (QED) is 0.444. The maximum Gasteiger partial charge on any atom is 0.271 e. The number of non-ortho nitro benzene ring substituents is 1. The van der Waals surface area contributed by atoms with Gasteiger partial charge in [-0.2, -0.15) is 0 Å². The molecule has 0 aromatic heterocycles. The average molecular weight is 384 g/mol. The Bertz CT molecular complexity index is 405. The van der Waals surface area contributed by atoms with Crippen LogP contribution in [0, 0.1) is 10.1 Å². The molecular weight excluding hydrogens is 372 g/mol. The van der Waals surface area contributed by atoms with E-state index in [9.17, 15) is 10.1 Å². The van der Waals surface area contributed by atoms with E-state index in [0.717, 1.165) is 0 Å². The first-order valence-electron chi connectivity index (χ1n) is 5.10. The van der Waals surface area contributed by atoms with Gasteiger partial charge in [0.25, 0.3) is 5.69 Å². The molecule has 0 fully saturated rings. The third-order valence-electron chi connectivity index (χ3n) is 1.93. The molecule has 1 rings (SSSR count). The van der Waals surface area contributed by atoms with Crippen LogP contribution in [0.2, 0.25) is 0 Å². The fourth-order valence-electron chi connectivity index (χ4n) is 1.18. The summed E-state index contributed by atoms with van der Waals surface area (Å²) < 4.78 is 11.7. The second-order valence-electron chi connectivity index (χ2n) is 3.25. The molecular formula is C10H12Br2N2O4. The predicted molar refractivity (Wildman–Crippen MR) is 73.9 cm³/mol. The summed E-state index contributed by atoms with van der Waals surface area (Å²) in [4.78, 5) is 10.2. The summed E-state index contributed by atoms with van der Waals surface area (Å²) in [6.45, 7) is 1.69. The van der Waals surface area contributed by atoms with Crippen molar-refractivity contribution in [3.63, 3.8) is 0 Å². The van der Waals surface area contributed by atoms with Crippen molar-refractivity contribution in [2.75, 3.05) is 26.4 Å². The van der Waals surface area contributed by atoms with Gasteiger partial charge < -0.3 is 15.2 Å². The molecule has 100 valence electrons. The van der Waals surface area contributed by atoms with Gasteiger partial charge in [-0.05, 0) is 31.9 Å². The largest absolute Gasteiger partial charge is 0.489 e. The zero-order valence-corrected chi connectivity index (χ0v) is 12.6. The number of halogens is 2. The number of nitro benzene ring substituents is 1. The summed E-state index contributed by atoms with van der Waals surface area (Å²) in [7, 11) is 0. The number of benzene rings is 1. The first kappa shape index (κ1) is 15.4. The molecule has 0 atom stereocenters. The first-order valence-corrected chi connectivity index (χ1v) is 6.69. The Hall–Kier alpha value is -0.700. The van der Waals surface area contributed by atoms with Crippen LogP contribution in [0.1, 0.15) is 0 Å². The molecule has 6 nitrogen and oxygen atoms in total. The number of ether oxygens (including phenoxy) is 2. The van der Waals surface area contributed by atoms with Gasteiger partial charge in [0.15, 0.2) is 0 Å². The molecule has 0 aliphatic rings. The van der Waals surface area contributed by atoms with Gasteiger partial charge in [-0.15, -0.1) is 0 Å². The monoisotopic (exact) mass is 382 g/mol. The Labute approximate surface area is 121 Å². The van der Waals surface area contributed by atoms with E-state index in [1.54, 1.807) is 0 Å². The van der Waals surface area contributed by atoms with Gasteiger partial charge in [-0.3, -0.25) is 10.1 Å². The fourth-order valence-corrected chi connectivity index (χ4v) is 2.57. The summed E-state index contributed by atoms with van der Waals surface area (Å²) in [5.41, 5.74) is 5.26. The third-order valence-corrected chi connectivity index (χ3v) is 3.11. The van der Waals surface area contributed by atoms with E-state index in [1.807, 2.05) is 0 Å². The Morgan fingerprint density at radius 1 is 1.22 bits per heavy atom. The molecule has 0 radical (unpaired) electrons. The van der Waals surface area contributed by atoms with Crippen LogP contribution in [0.4, 0.5) is 5.69 Å².